The molecule has 0 saturated carbocycles. The molecule has 2 aromatic carbocycles. The number of hydrogen-bond donors (Lipinski definition) is 2. The summed E-state index contributed by atoms with van der Waals surface area (Å²) in [7, 11) is -3.65. The Bertz CT molecular complexity index is 788. The molecule has 0 radical (unpaired) electrons. The van der Waals surface area contributed by atoms with Crippen molar-refractivity contribution in [2.24, 2.45) is 0 Å². The van der Waals surface area contributed by atoms with Gasteiger partial charge in [-0.15, -0.1) is 0 Å². The maximum Gasteiger partial charge on any atom is 0.261 e. The fourth-order valence-corrected chi connectivity index (χ4v) is 3.90. The average Bonchev–Trinajstić information content (AvgIpc) is 3.07. The minimum absolute atomic E-state index is 0.135. The van der Waals surface area contributed by atoms with E-state index in [2.05, 4.69) is 10.0 Å². The van der Waals surface area contributed by atoms with Gasteiger partial charge in [-0.05, 0) is 55.3 Å². The van der Waals surface area contributed by atoms with Crippen LogP contribution in [0.5, 0.6) is 0 Å². The van der Waals surface area contributed by atoms with Crippen molar-refractivity contribution in [3.05, 3.63) is 53.6 Å². The number of hydrogen-bond acceptors (Lipinski definition) is 4. The van der Waals surface area contributed by atoms with Crippen molar-refractivity contribution in [3.8, 4) is 0 Å². The van der Waals surface area contributed by atoms with Gasteiger partial charge in [0.15, 0.2) is 0 Å². The van der Waals surface area contributed by atoms with Crippen LogP contribution in [-0.4, -0.2) is 27.7 Å². The molecule has 7 heteroatoms. The maximum atomic E-state index is 12.3. The Morgan fingerprint density at radius 2 is 1.88 bits per heavy atom. The van der Waals surface area contributed by atoms with Crippen molar-refractivity contribution in [1.82, 2.24) is 0 Å². The highest BCUT2D eigenvalue weighted by Gasteiger charge is 2.16. The molecule has 128 valence electrons. The van der Waals surface area contributed by atoms with Crippen molar-refractivity contribution in [2.75, 3.05) is 23.2 Å². The van der Waals surface area contributed by atoms with Gasteiger partial charge in [-0.3, -0.25) is 4.72 Å². The molecule has 3 rings (SSSR count). The predicted molar refractivity (Wildman–Crippen MR) is 96.2 cm³/mol. The van der Waals surface area contributed by atoms with Crippen LogP contribution < -0.4 is 10.0 Å². The number of ether oxygens (including phenoxy) is 1. The lowest BCUT2D eigenvalue weighted by Gasteiger charge is -2.13. The largest absolute Gasteiger partial charge is 0.382 e. The standard InChI is InChI=1S/C17H19ClN2O3S/c18-13-3-1-5-17(11-13)24(21,22)20-15-8-6-14(7-9-15)19-12-16-4-2-10-23-16/h1,3,5-9,11,16,19-20H,2,4,10,12H2. The predicted octanol–water partition coefficient (Wildman–Crippen LogP) is 3.73. The van der Waals surface area contributed by atoms with E-state index in [0.29, 0.717) is 10.7 Å². The highest BCUT2D eigenvalue weighted by atomic mass is 35.5. The normalized spacial score (nSPS) is 17.6. The van der Waals surface area contributed by atoms with Gasteiger partial charge in [0.1, 0.15) is 0 Å². The van der Waals surface area contributed by atoms with Crippen LogP contribution in [0.3, 0.4) is 0 Å². The molecule has 1 aliphatic rings. The summed E-state index contributed by atoms with van der Waals surface area (Å²) in [6.07, 6.45) is 2.44. The number of anilines is 2. The van der Waals surface area contributed by atoms with Gasteiger partial charge in [0.25, 0.3) is 10.0 Å². The number of sulfonamides is 1. The molecule has 2 N–H and O–H groups in total. The summed E-state index contributed by atoms with van der Waals surface area (Å²) in [5.74, 6) is 0. The number of benzene rings is 2. The lowest BCUT2D eigenvalue weighted by atomic mass is 10.2. The fraction of sp³-hybridized carbons (Fsp3) is 0.294. The second kappa shape index (κ2) is 7.42. The summed E-state index contributed by atoms with van der Waals surface area (Å²) in [4.78, 5) is 0.135. The molecule has 1 unspecified atom stereocenters. The minimum atomic E-state index is -3.65. The SMILES string of the molecule is O=S(=O)(Nc1ccc(NCC2CCCO2)cc1)c1cccc(Cl)c1. The molecule has 0 aromatic heterocycles. The summed E-state index contributed by atoms with van der Waals surface area (Å²) in [5.41, 5.74) is 1.42. The van der Waals surface area contributed by atoms with Crippen LogP contribution in [0.4, 0.5) is 11.4 Å². The average molecular weight is 367 g/mol. The lowest BCUT2D eigenvalue weighted by molar-refractivity contribution is 0.120. The van der Waals surface area contributed by atoms with Crippen LogP contribution in [0.1, 0.15) is 12.8 Å². The molecule has 5 nitrogen and oxygen atoms in total. The molecular weight excluding hydrogens is 348 g/mol. The number of rotatable bonds is 6. The Balaban J connectivity index is 1.63. The fourth-order valence-electron chi connectivity index (χ4n) is 2.54. The van der Waals surface area contributed by atoms with E-state index in [4.69, 9.17) is 16.3 Å². The molecule has 0 amide bonds. The first-order valence-corrected chi connectivity index (χ1v) is 9.63. The molecule has 1 atom stereocenters. The summed E-state index contributed by atoms with van der Waals surface area (Å²) >= 11 is 5.85. The van der Waals surface area contributed by atoms with Crippen molar-refractivity contribution < 1.29 is 13.2 Å². The van der Waals surface area contributed by atoms with Crippen LogP contribution >= 0.6 is 11.6 Å². The zero-order valence-electron chi connectivity index (χ0n) is 13.0. The van der Waals surface area contributed by atoms with Crippen molar-refractivity contribution >= 4 is 33.0 Å². The van der Waals surface area contributed by atoms with Crippen LogP contribution in [0.2, 0.25) is 5.02 Å². The third-order valence-electron chi connectivity index (χ3n) is 3.80. The highest BCUT2D eigenvalue weighted by Crippen LogP contribution is 2.21. The van der Waals surface area contributed by atoms with Gasteiger partial charge in [0.2, 0.25) is 0 Å². The molecule has 1 saturated heterocycles. The van der Waals surface area contributed by atoms with Gasteiger partial charge < -0.3 is 10.1 Å². The first-order valence-electron chi connectivity index (χ1n) is 7.77. The van der Waals surface area contributed by atoms with E-state index in [9.17, 15) is 8.42 Å². The lowest BCUT2D eigenvalue weighted by Crippen LogP contribution is -2.18. The second-order valence-corrected chi connectivity index (χ2v) is 7.77. The number of halogens is 1. The Labute approximate surface area is 147 Å². The Kier molecular flexibility index (Phi) is 5.28. The van der Waals surface area contributed by atoms with Gasteiger partial charge in [-0.25, -0.2) is 8.42 Å². The van der Waals surface area contributed by atoms with Crippen LogP contribution in [0, 0.1) is 0 Å². The van der Waals surface area contributed by atoms with Crippen LogP contribution in [0.15, 0.2) is 53.4 Å². The molecule has 1 fully saturated rings. The highest BCUT2D eigenvalue weighted by molar-refractivity contribution is 7.92. The Morgan fingerprint density at radius 1 is 1.12 bits per heavy atom. The quantitative estimate of drug-likeness (QED) is 0.817. The third-order valence-corrected chi connectivity index (χ3v) is 5.42. The van der Waals surface area contributed by atoms with Gasteiger partial charge in [0, 0.05) is 29.5 Å². The van der Waals surface area contributed by atoms with Gasteiger partial charge in [0.05, 0.1) is 11.0 Å². The van der Waals surface area contributed by atoms with Gasteiger partial charge >= 0.3 is 0 Å². The molecule has 0 spiro atoms. The minimum Gasteiger partial charge on any atom is -0.382 e. The van der Waals surface area contributed by atoms with E-state index in [0.717, 1.165) is 31.7 Å². The zero-order chi connectivity index (χ0) is 17.0. The molecule has 24 heavy (non-hydrogen) atoms. The Morgan fingerprint density at radius 3 is 2.54 bits per heavy atom. The summed E-state index contributed by atoms with van der Waals surface area (Å²) in [6, 6.07) is 13.3. The first kappa shape index (κ1) is 17.1. The monoisotopic (exact) mass is 366 g/mol. The molecule has 2 aromatic rings. The summed E-state index contributed by atoms with van der Waals surface area (Å²) < 4.78 is 32.8. The number of nitrogens with one attached hydrogen (secondary N) is 2. The van der Waals surface area contributed by atoms with Crippen molar-refractivity contribution in [3.63, 3.8) is 0 Å². The van der Waals surface area contributed by atoms with E-state index in [1.165, 1.54) is 12.1 Å². The molecule has 1 heterocycles. The van der Waals surface area contributed by atoms with Crippen molar-refractivity contribution in [2.45, 2.75) is 23.8 Å². The Hall–Kier alpha value is -1.76. The van der Waals surface area contributed by atoms with Crippen LogP contribution in [0.25, 0.3) is 0 Å². The van der Waals surface area contributed by atoms with E-state index < -0.39 is 10.0 Å². The van der Waals surface area contributed by atoms with E-state index >= 15 is 0 Å². The topological polar surface area (TPSA) is 67.4 Å². The van der Waals surface area contributed by atoms with E-state index in [-0.39, 0.29) is 11.0 Å². The summed E-state index contributed by atoms with van der Waals surface area (Å²) in [5, 5.41) is 3.68. The van der Waals surface area contributed by atoms with Gasteiger partial charge in [-0.1, -0.05) is 17.7 Å². The van der Waals surface area contributed by atoms with Gasteiger partial charge in [-0.2, -0.15) is 0 Å². The maximum absolute atomic E-state index is 12.3. The second-order valence-electron chi connectivity index (χ2n) is 5.66. The van der Waals surface area contributed by atoms with Crippen LogP contribution in [-0.2, 0) is 14.8 Å². The third kappa shape index (κ3) is 4.41. The first-order chi connectivity index (χ1) is 11.5. The smallest absolute Gasteiger partial charge is 0.261 e. The van der Waals surface area contributed by atoms with Crippen molar-refractivity contribution in [1.29, 1.82) is 0 Å². The molecule has 0 aliphatic carbocycles. The molecular formula is C17H19ClN2O3S. The van der Waals surface area contributed by atoms with E-state index in [1.54, 1.807) is 24.3 Å². The zero-order valence-corrected chi connectivity index (χ0v) is 14.6. The van der Waals surface area contributed by atoms with E-state index in [1.807, 2.05) is 12.1 Å². The molecule has 0 bridgehead atoms. The summed E-state index contributed by atoms with van der Waals surface area (Å²) in [6.45, 7) is 1.59. The molecule has 1 aliphatic heterocycles.